The van der Waals surface area contributed by atoms with Gasteiger partial charge in [0.2, 0.25) is 0 Å². The highest BCUT2D eigenvalue weighted by molar-refractivity contribution is 14.1. The van der Waals surface area contributed by atoms with E-state index >= 15 is 0 Å². The van der Waals surface area contributed by atoms with Crippen molar-refractivity contribution in [2.45, 2.75) is 16.3 Å². The summed E-state index contributed by atoms with van der Waals surface area (Å²) in [5.41, 5.74) is 5.60. The maximum Gasteiger partial charge on any atom is 0.133 e. The Morgan fingerprint density at radius 1 is 0.871 bits per heavy atom. The van der Waals surface area contributed by atoms with Gasteiger partial charge in [0, 0.05) is 5.92 Å². The van der Waals surface area contributed by atoms with Gasteiger partial charge in [0.05, 0.1) is 3.42 Å². The molecule has 1 unspecified atom stereocenters. The number of nitriles is 2. The summed E-state index contributed by atoms with van der Waals surface area (Å²) in [5.74, 6) is -0.000313. The van der Waals surface area contributed by atoms with Gasteiger partial charge in [-0.15, -0.1) is 0 Å². The van der Waals surface area contributed by atoms with Crippen LogP contribution in [0.4, 0.5) is 0 Å². The number of aryl methyl sites for hydroxylation is 1. The summed E-state index contributed by atoms with van der Waals surface area (Å²) in [6, 6.07) is 33.2. The van der Waals surface area contributed by atoms with Crippen molar-refractivity contribution in [3.63, 3.8) is 0 Å². The number of halogens is 1. The van der Waals surface area contributed by atoms with Crippen molar-refractivity contribution in [3.8, 4) is 12.1 Å². The summed E-state index contributed by atoms with van der Waals surface area (Å²) in [4.78, 5) is 0. The molecule has 150 valence electrons. The Bertz CT molecular complexity index is 1200. The molecule has 0 amide bonds. The van der Waals surface area contributed by atoms with E-state index in [2.05, 4.69) is 95.4 Å². The zero-order chi connectivity index (χ0) is 21.7. The fourth-order valence-corrected chi connectivity index (χ4v) is 5.56. The highest BCUT2D eigenvalue weighted by atomic mass is 127. The lowest BCUT2D eigenvalue weighted by molar-refractivity contribution is 0.520. The molecule has 1 aliphatic rings. The summed E-state index contributed by atoms with van der Waals surface area (Å²) in [7, 11) is 0. The average Bonchev–Trinajstić information content (AvgIpc) is 2.84. The van der Waals surface area contributed by atoms with E-state index in [4.69, 9.17) is 0 Å². The van der Waals surface area contributed by atoms with Gasteiger partial charge in [0.25, 0.3) is 0 Å². The van der Waals surface area contributed by atoms with Crippen LogP contribution in [0.1, 0.15) is 28.7 Å². The first-order valence-corrected chi connectivity index (χ1v) is 11.4. The minimum absolute atomic E-state index is 0.000313. The molecular weight excluding hydrogens is 491 g/mol. The molecule has 0 aromatic heterocycles. The van der Waals surface area contributed by atoms with E-state index in [0.29, 0.717) is 0 Å². The van der Waals surface area contributed by atoms with E-state index in [-0.39, 0.29) is 11.5 Å². The second kappa shape index (κ2) is 9.33. The molecule has 3 aromatic carbocycles. The molecule has 0 saturated heterocycles. The summed E-state index contributed by atoms with van der Waals surface area (Å²) >= 11 is 2.53. The summed E-state index contributed by atoms with van der Waals surface area (Å²) < 4.78 is -0.406. The molecule has 0 fully saturated rings. The van der Waals surface area contributed by atoms with Crippen molar-refractivity contribution >= 4 is 34.2 Å². The molecular formula is C28H21IN2. The van der Waals surface area contributed by atoms with Crippen LogP contribution in [0.15, 0.2) is 96.6 Å². The van der Waals surface area contributed by atoms with Gasteiger partial charge in [0.1, 0.15) is 17.7 Å². The molecule has 31 heavy (non-hydrogen) atoms. The number of nitrogens with zero attached hydrogens (tertiary/aromatic N) is 2. The Balaban J connectivity index is 1.92. The lowest BCUT2D eigenvalue weighted by Gasteiger charge is -2.39. The quantitative estimate of drug-likeness (QED) is 0.213. The highest BCUT2D eigenvalue weighted by Gasteiger charge is 2.41. The van der Waals surface area contributed by atoms with E-state index in [1.165, 1.54) is 11.1 Å². The van der Waals surface area contributed by atoms with Gasteiger partial charge in [-0.2, -0.15) is 10.5 Å². The minimum atomic E-state index is -0.406. The van der Waals surface area contributed by atoms with E-state index in [0.717, 1.165) is 29.5 Å². The Morgan fingerprint density at radius 2 is 1.48 bits per heavy atom. The maximum absolute atomic E-state index is 9.82. The van der Waals surface area contributed by atoms with Crippen LogP contribution < -0.4 is 0 Å². The predicted octanol–water partition coefficient (Wildman–Crippen LogP) is 7.09. The van der Waals surface area contributed by atoms with Gasteiger partial charge in [-0.1, -0.05) is 120 Å². The van der Waals surface area contributed by atoms with Crippen LogP contribution in [0.2, 0.25) is 0 Å². The maximum atomic E-state index is 9.82. The lowest BCUT2D eigenvalue weighted by atomic mass is 9.69. The van der Waals surface area contributed by atoms with E-state index in [9.17, 15) is 10.5 Å². The Morgan fingerprint density at radius 3 is 2.16 bits per heavy atom. The highest BCUT2D eigenvalue weighted by Crippen LogP contribution is 2.52. The molecule has 1 aliphatic carbocycles. The first kappa shape index (κ1) is 21.1. The van der Waals surface area contributed by atoms with Gasteiger partial charge in [-0.3, -0.25) is 0 Å². The molecule has 0 saturated carbocycles. The molecule has 3 aromatic rings. The number of rotatable bonds is 4. The number of alkyl halides is 1. The van der Waals surface area contributed by atoms with Crippen LogP contribution >= 0.6 is 22.6 Å². The SMILES string of the molecule is N#CC(C#N)=C1c2ccccc2CCC1[C@@](I)(/C=C/c1ccccc1)c1ccccc1. The van der Waals surface area contributed by atoms with Crippen molar-refractivity contribution in [2.75, 3.05) is 0 Å². The molecule has 0 bridgehead atoms. The molecule has 0 N–H and O–H groups in total. The number of hydrogen-bond donors (Lipinski definition) is 0. The van der Waals surface area contributed by atoms with Crippen molar-refractivity contribution in [1.82, 2.24) is 0 Å². The molecule has 4 rings (SSSR count). The predicted molar refractivity (Wildman–Crippen MR) is 134 cm³/mol. The van der Waals surface area contributed by atoms with Crippen LogP contribution in [0.25, 0.3) is 11.6 Å². The first-order valence-electron chi connectivity index (χ1n) is 10.3. The molecule has 3 heteroatoms. The van der Waals surface area contributed by atoms with Gasteiger partial charge in [-0.05, 0) is 40.7 Å². The normalized spacial score (nSPS) is 17.3. The zero-order valence-corrected chi connectivity index (χ0v) is 19.2. The third-order valence-electron chi connectivity index (χ3n) is 5.89. The average molecular weight is 512 g/mol. The van der Waals surface area contributed by atoms with Crippen molar-refractivity contribution in [2.24, 2.45) is 5.92 Å². The van der Waals surface area contributed by atoms with Crippen LogP contribution in [-0.4, -0.2) is 0 Å². The third kappa shape index (κ3) is 4.20. The number of hydrogen-bond acceptors (Lipinski definition) is 2. The second-order valence-corrected chi connectivity index (χ2v) is 9.42. The topological polar surface area (TPSA) is 47.6 Å². The number of allylic oxidation sites excluding steroid dienone is 3. The van der Waals surface area contributed by atoms with Crippen LogP contribution in [0.5, 0.6) is 0 Å². The summed E-state index contributed by atoms with van der Waals surface area (Å²) in [6.07, 6.45) is 6.18. The lowest BCUT2D eigenvalue weighted by Crippen LogP contribution is -2.31. The Kier molecular flexibility index (Phi) is 6.35. The summed E-state index contributed by atoms with van der Waals surface area (Å²) in [6.45, 7) is 0. The van der Waals surface area contributed by atoms with Crippen LogP contribution in [0.3, 0.4) is 0 Å². The number of benzene rings is 3. The first-order chi connectivity index (χ1) is 15.2. The van der Waals surface area contributed by atoms with Crippen molar-refractivity contribution < 1.29 is 0 Å². The van der Waals surface area contributed by atoms with Crippen molar-refractivity contribution in [3.05, 3.63) is 119 Å². The van der Waals surface area contributed by atoms with E-state index in [1.54, 1.807) is 0 Å². The van der Waals surface area contributed by atoms with Gasteiger partial charge in [-0.25, -0.2) is 0 Å². The van der Waals surface area contributed by atoms with Gasteiger partial charge >= 0.3 is 0 Å². The van der Waals surface area contributed by atoms with Gasteiger partial charge in [0.15, 0.2) is 0 Å². The molecule has 0 aliphatic heterocycles. The second-order valence-electron chi connectivity index (χ2n) is 7.64. The molecule has 2 nitrogen and oxygen atoms in total. The summed E-state index contributed by atoms with van der Waals surface area (Å²) in [5, 5.41) is 19.6. The van der Waals surface area contributed by atoms with Crippen molar-refractivity contribution in [1.29, 1.82) is 10.5 Å². The largest absolute Gasteiger partial charge is 0.192 e. The Labute approximate surface area is 197 Å². The molecule has 2 atom stereocenters. The monoisotopic (exact) mass is 512 g/mol. The third-order valence-corrected chi connectivity index (χ3v) is 7.63. The number of fused-ring (bicyclic) bond motifs is 1. The standard InChI is InChI=1S/C28H21IN2/c29-28(24-12-5-2-6-13-24,18-17-21-9-3-1-4-10-21)26-16-15-22-11-7-8-14-25(22)27(26)23(19-30)20-31/h1-14,17-18,26H,15-16H2/b18-17+/t26?,28-/m1/s1. The Hall–Kier alpha value is -3.15. The zero-order valence-electron chi connectivity index (χ0n) is 17.0. The fourth-order valence-electron chi connectivity index (χ4n) is 4.40. The molecule has 0 heterocycles. The molecule has 0 spiro atoms. The molecule has 0 radical (unpaired) electrons. The fraction of sp³-hybridized carbons (Fsp3) is 0.143. The van der Waals surface area contributed by atoms with Gasteiger partial charge < -0.3 is 0 Å². The van der Waals surface area contributed by atoms with E-state index < -0.39 is 3.42 Å². The van der Waals surface area contributed by atoms with Crippen LogP contribution in [0, 0.1) is 28.6 Å². The van der Waals surface area contributed by atoms with Crippen LogP contribution in [-0.2, 0) is 9.84 Å². The smallest absolute Gasteiger partial charge is 0.133 e. The van der Waals surface area contributed by atoms with E-state index in [1.807, 2.05) is 36.4 Å². The minimum Gasteiger partial charge on any atom is -0.192 e.